The normalized spacial score (nSPS) is 9.67. The van der Waals surface area contributed by atoms with Crippen LogP contribution in [0.15, 0.2) is 18.5 Å². The minimum atomic E-state index is -2.47. The summed E-state index contributed by atoms with van der Waals surface area (Å²) < 4.78 is 24.0. The summed E-state index contributed by atoms with van der Waals surface area (Å²) in [6.07, 6.45) is 0.144. The van der Waals surface area contributed by atoms with Gasteiger partial charge in [-0.25, -0.2) is 8.78 Å². The maximum Gasteiger partial charge on any atom is 0.265 e. The Morgan fingerprint density at radius 2 is 2.08 bits per heavy atom. The molecule has 0 aliphatic rings. The van der Waals surface area contributed by atoms with Crippen LogP contribution < -0.4 is 0 Å². The highest BCUT2D eigenvalue weighted by atomic mass is 79.9. The molecule has 1 rings (SSSR count). The van der Waals surface area contributed by atoms with E-state index in [0.29, 0.717) is 5.56 Å². The van der Waals surface area contributed by atoms with E-state index in [1.54, 1.807) is 0 Å². The smallest absolute Gasteiger partial charge is 0.264 e. The van der Waals surface area contributed by atoms with E-state index in [1.165, 1.54) is 12.3 Å². The molecule has 0 aromatic carbocycles. The number of alkyl halides is 3. The fourth-order valence-corrected chi connectivity index (χ4v) is 0.846. The lowest BCUT2D eigenvalue weighted by Gasteiger charge is -1.99. The third-order valence-electron chi connectivity index (χ3n) is 1.22. The summed E-state index contributed by atoms with van der Waals surface area (Å²) in [4.78, 5) is 3.61. The summed E-state index contributed by atoms with van der Waals surface area (Å²) >= 11 is 5.42. The van der Waals surface area contributed by atoms with Crippen LogP contribution in [-0.2, 0) is 5.88 Å². The first-order valence-corrected chi connectivity index (χ1v) is 3.55. The third-order valence-corrected chi connectivity index (χ3v) is 1.53. The molecule has 1 aromatic rings. The molecule has 0 bridgehead atoms. The Balaban J connectivity index is 0.00000121. The Morgan fingerprint density at radius 3 is 2.58 bits per heavy atom. The van der Waals surface area contributed by atoms with E-state index >= 15 is 0 Å². The van der Waals surface area contributed by atoms with Gasteiger partial charge in [0.2, 0.25) is 0 Å². The van der Waals surface area contributed by atoms with Gasteiger partial charge < -0.3 is 0 Å². The van der Waals surface area contributed by atoms with Crippen LogP contribution in [0, 0.1) is 0 Å². The lowest BCUT2D eigenvalue weighted by atomic mass is 10.2. The maximum atomic E-state index is 12.0. The number of pyridine rings is 1. The van der Waals surface area contributed by atoms with Gasteiger partial charge >= 0.3 is 0 Å². The molecular formula is C7H7BrClF2N. The molecule has 0 amide bonds. The van der Waals surface area contributed by atoms with Gasteiger partial charge in [-0.05, 0) is 11.6 Å². The van der Waals surface area contributed by atoms with Crippen molar-refractivity contribution in [1.82, 2.24) is 4.98 Å². The molecule has 1 aromatic heterocycles. The van der Waals surface area contributed by atoms with Gasteiger partial charge in [0.25, 0.3) is 6.43 Å². The van der Waals surface area contributed by atoms with Gasteiger partial charge in [-0.1, -0.05) is 0 Å². The Kier molecular flexibility index (Phi) is 5.33. The van der Waals surface area contributed by atoms with Crippen LogP contribution in [0.4, 0.5) is 8.78 Å². The van der Waals surface area contributed by atoms with Crippen molar-refractivity contribution in [3.63, 3.8) is 0 Å². The lowest BCUT2D eigenvalue weighted by molar-refractivity contribution is 0.151. The second-order valence-corrected chi connectivity index (χ2v) is 2.33. The quantitative estimate of drug-likeness (QED) is 0.742. The van der Waals surface area contributed by atoms with Crippen molar-refractivity contribution in [2.75, 3.05) is 0 Å². The van der Waals surface area contributed by atoms with Crippen LogP contribution in [0.3, 0.4) is 0 Å². The summed E-state index contributed by atoms with van der Waals surface area (Å²) in [6.45, 7) is 0. The standard InChI is InChI=1S/C7H6ClF2N.BrH/c8-2-5-1-6(7(9)10)4-11-3-5;/h1,3-4,7H,2H2;1H. The average molecular weight is 258 g/mol. The second kappa shape index (κ2) is 5.43. The third kappa shape index (κ3) is 3.03. The molecule has 5 heteroatoms. The van der Waals surface area contributed by atoms with Crippen molar-refractivity contribution in [3.05, 3.63) is 29.6 Å². The lowest BCUT2D eigenvalue weighted by Crippen LogP contribution is -1.88. The highest BCUT2D eigenvalue weighted by Crippen LogP contribution is 2.18. The van der Waals surface area contributed by atoms with Crippen molar-refractivity contribution in [2.24, 2.45) is 0 Å². The van der Waals surface area contributed by atoms with E-state index in [4.69, 9.17) is 11.6 Å². The molecule has 0 spiro atoms. The number of hydrogen-bond acceptors (Lipinski definition) is 1. The minimum absolute atomic E-state index is 0. The van der Waals surface area contributed by atoms with Crippen molar-refractivity contribution in [2.45, 2.75) is 12.3 Å². The van der Waals surface area contributed by atoms with Crippen molar-refractivity contribution in [3.8, 4) is 0 Å². The predicted molar refractivity (Wildman–Crippen MR) is 49.1 cm³/mol. The number of hydrogen-bond donors (Lipinski definition) is 0. The van der Waals surface area contributed by atoms with Crippen LogP contribution in [0.2, 0.25) is 0 Å². The van der Waals surface area contributed by atoms with Crippen molar-refractivity contribution >= 4 is 28.6 Å². The monoisotopic (exact) mass is 257 g/mol. The van der Waals surface area contributed by atoms with E-state index in [-0.39, 0.29) is 28.4 Å². The first-order chi connectivity index (χ1) is 5.24. The Labute approximate surface area is 84.5 Å². The summed E-state index contributed by atoms with van der Waals surface area (Å²) in [5.41, 5.74) is 0.535. The van der Waals surface area contributed by atoms with Crippen molar-refractivity contribution in [1.29, 1.82) is 0 Å². The highest BCUT2D eigenvalue weighted by Gasteiger charge is 2.06. The van der Waals surface area contributed by atoms with Gasteiger partial charge in [-0.3, -0.25) is 4.98 Å². The van der Waals surface area contributed by atoms with Gasteiger partial charge in [0, 0.05) is 23.8 Å². The molecule has 0 fully saturated rings. The Bertz CT molecular complexity index is 245. The molecule has 0 atom stereocenters. The topological polar surface area (TPSA) is 12.9 Å². The molecule has 0 aliphatic heterocycles. The van der Waals surface area contributed by atoms with Gasteiger partial charge in [0.15, 0.2) is 0 Å². The zero-order valence-corrected chi connectivity index (χ0v) is 8.47. The predicted octanol–water partition coefficient (Wildman–Crippen LogP) is 3.34. The van der Waals surface area contributed by atoms with Gasteiger partial charge in [-0.15, -0.1) is 28.6 Å². The van der Waals surface area contributed by atoms with E-state index in [1.807, 2.05) is 0 Å². The second-order valence-electron chi connectivity index (χ2n) is 2.06. The van der Waals surface area contributed by atoms with Crippen LogP contribution in [-0.4, -0.2) is 4.98 Å². The molecule has 0 saturated heterocycles. The highest BCUT2D eigenvalue weighted by molar-refractivity contribution is 8.93. The van der Waals surface area contributed by atoms with Crippen LogP contribution in [0.1, 0.15) is 17.6 Å². The molecule has 0 unspecified atom stereocenters. The Morgan fingerprint density at radius 1 is 1.42 bits per heavy atom. The maximum absolute atomic E-state index is 12.0. The van der Waals surface area contributed by atoms with E-state index < -0.39 is 6.43 Å². The van der Waals surface area contributed by atoms with Crippen LogP contribution in [0.5, 0.6) is 0 Å². The number of nitrogens with zero attached hydrogens (tertiary/aromatic N) is 1. The first kappa shape index (κ1) is 11.8. The zero-order chi connectivity index (χ0) is 8.27. The van der Waals surface area contributed by atoms with Gasteiger partial charge in [0.05, 0.1) is 0 Å². The number of halogens is 4. The fraction of sp³-hybridized carbons (Fsp3) is 0.286. The van der Waals surface area contributed by atoms with Crippen LogP contribution >= 0.6 is 28.6 Å². The molecule has 68 valence electrons. The summed E-state index contributed by atoms with van der Waals surface area (Å²) in [6, 6.07) is 1.35. The van der Waals surface area contributed by atoms with Crippen LogP contribution in [0.25, 0.3) is 0 Å². The first-order valence-electron chi connectivity index (χ1n) is 3.02. The number of aromatic nitrogens is 1. The molecule has 0 N–H and O–H groups in total. The minimum Gasteiger partial charge on any atom is -0.264 e. The Hall–Kier alpha value is -0.220. The summed E-state index contributed by atoms with van der Waals surface area (Å²) in [5, 5.41) is 0. The fourth-order valence-electron chi connectivity index (χ4n) is 0.700. The summed E-state index contributed by atoms with van der Waals surface area (Å²) in [7, 11) is 0. The average Bonchev–Trinajstić information content (AvgIpc) is 2.05. The van der Waals surface area contributed by atoms with Gasteiger partial charge in [0.1, 0.15) is 0 Å². The summed E-state index contributed by atoms with van der Waals surface area (Å²) in [5.74, 6) is 0.216. The van der Waals surface area contributed by atoms with E-state index in [0.717, 1.165) is 6.20 Å². The molecule has 1 heterocycles. The van der Waals surface area contributed by atoms with Gasteiger partial charge in [-0.2, -0.15) is 0 Å². The molecule has 1 nitrogen and oxygen atoms in total. The molecule has 0 saturated carbocycles. The van der Waals surface area contributed by atoms with E-state index in [2.05, 4.69) is 4.98 Å². The molecule has 0 radical (unpaired) electrons. The largest absolute Gasteiger partial charge is 0.265 e. The molecule has 0 aliphatic carbocycles. The van der Waals surface area contributed by atoms with E-state index in [9.17, 15) is 8.78 Å². The zero-order valence-electron chi connectivity index (χ0n) is 6.01. The molecular weight excluding hydrogens is 251 g/mol. The SMILES string of the molecule is Br.FC(F)c1cncc(CCl)c1. The number of rotatable bonds is 2. The van der Waals surface area contributed by atoms with Crippen molar-refractivity contribution < 1.29 is 8.78 Å². The molecule has 12 heavy (non-hydrogen) atoms.